The monoisotopic (exact) mass is 402 g/mol. The zero-order valence-electron chi connectivity index (χ0n) is 14.2. The lowest BCUT2D eigenvalue weighted by molar-refractivity contribution is -0.122. The Morgan fingerprint density at radius 1 is 1.27 bits per heavy atom. The van der Waals surface area contributed by atoms with Crippen LogP contribution in [0.15, 0.2) is 29.2 Å². The van der Waals surface area contributed by atoms with Crippen LogP contribution in [-0.2, 0) is 14.8 Å². The molecular weight excluding hydrogens is 380 g/mol. The van der Waals surface area contributed by atoms with E-state index in [4.69, 9.17) is 0 Å². The van der Waals surface area contributed by atoms with Crippen molar-refractivity contribution in [1.82, 2.24) is 20.3 Å². The average molecular weight is 403 g/mol. The van der Waals surface area contributed by atoms with Gasteiger partial charge < -0.3 is 16.0 Å². The fourth-order valence-corrected chi connectivity index (χ4v) is 4.45. The van der Waals surface area contributed by atoms with E-state index in [0.29, 0.717) is 12.1 Å². The maximum atomic E-state index is 12.7. The van der Waals surface area contributed by atoms with E-state index in [0.717, 1.165) is 23.7 Å². The number of hydrogen-bond acceptors (Lipinski definition) is 5. The molecule has 1 atom stereocenters. The van der Waals surface area contributed by atoms with E-state index in [9.17, 15) is 18.0 Å². The third-order valence-corrected chi connectivity index (χ3v) is 6.21. The molecule has 144 valence electrons. The summed E-state index contributed by atoms with van der Waals surface area (Å²) in [7, 11) is -3.80. The summed E-state index contributed by atoms with van der Waals surface area (Å²) in [5.74, 6) is -0.615. The van der Waals surface area contributed by atoms with Crippen LogP contribution in [0.4, 0.5) is 0 Å². The van der Waals surface area contributed by atoms with Gasteiger partial charge in [0.25, 0.3) is 5.91 Å². The van der Waals surface area contributed by atoms with E-state index in [-0.39, 0.29) is 54.8 Å². The zero-order chi connectivity index (χ0) is 17.9. The lowest BCUT2D eigenvalue weighted by Crippen LogP contribution is -2.49. The lowest BCUT2D eigenvalue weighted by Gasteiger charge is -2.26. The van der Waals surface area contributed by atoms with Crippen molar-refractivity contribution in [3.8, 4) is 0 Å². The normalized spacial score (nSPS) is 21.4. The van der Waals surface area contributed by atoms with Gasteiger partial charge in [0.1, 0.15) is 0 Å². The van der Waals surface area contributed by atoms with Gasteiger partial charge in [0.2, 0.25) is 15.9 Å². The predicted octanol–water partition coefficient (Wildman–Crippen LogP) is -0.289. The predicted molar refractivity (Wildman–Crippen MR) is 98.8 cm³/mol. The summed E-state index contributed by atoms with van der Waals surface area (Å²) in [5, 5.41) is 8.74. The van der Waals surface area contributed by atoms with Crippen molar-refractivity contribution in [3.05, 3.63) is 29.8 Å². The number of hydrogen-bond donors (Lipinski definition) is 3. The molecular formula is C16H23ClN4O4S. The third kappa shape index (κ3) is 4.73. The number of piperidine rings is 1. The fraction of sp³-hybridized carbons (Fsp3) is 0.500. The summed E-state index contributed by atoms with van der Waals surface area (Å²) in [6, 6.07) is 6.00. The van der Waals surface area contributed by atoms with Crippen LogP contribution in [0.2, 0.25) is 0 Å². The summed E-state index contributed by atoms with van der Waals surface area (Å²) in [6.07, 6.45) is 1.90. The second kappa shape index (κ2) is 8.81. The number of rotatable bonds is 4. The van der Waals surface area contributed by atoms with Crippen molar-refractivity contribution in [3.63, 3.8) is 0 Å². The standard InChI is InChI=1S/C16H22N4O4S.ClH/c21-15-11-20(8-7-18-15)25(23,24)14-5-1-3-12(9-14)16(22)19-13-4-2-6-17-10-13;/h1,3,5,9,13,17H,2,4,6-8,10-11H2,(H,18,21)(H,19,22);1H. The van der Waals surface area contributed by atoms with Gasteiger partial charge in [-0.15, -0.1) is 12.4 Å². The molecule has 0 radical (unpaired) electrons. The molecule has 0 spiro atoms. The molecule has 2 aliphatic rings. The average Bonchev–Trinajstić information content (AvgIpc) is 2.62. The molecule has 10 heteroatoms. The first kappa shape index (κ1) is 20.6. The Hall–Kier alpha value is -1.68. The van der Waals surface area contributed by atoms with Gasteiger partial charge in [0.05, 0.1) is 11.4 Å². The molecule has 8 nitrogen and oxygen atoms in total. The van der Waals surface area contributed by atoms with Crippen LogP contribution in [0, 0.1) is 0 Å². The van der Waals surface area contributed by atoms with Gasteiger partial charge in [-0.3, -0.25) is 9.59 Å². The van der Waals surface area contributed by atoms with Crippen LogP contribution in [0.1, 0.15) is 23.2 Å². The maximum absolute atomic E-state index is 12.7. The third-order valence-electron chi connectivity index (χ3n) is 4.37. The Kier molecular flexibility index (Phi) is 6.99. The largest absolute Gasteiger partial charge is 0.354 e. The molecule has 0 aromatic heterocycles. The molecule has 2 fully saturated rings. The van der Waals surface area contributed by atoms with E-state index in [1.807, 2.05) is 0 Å². The van der Waals surface area contributed by atoms with Crippen LogP contribution < -0.4 is 16.0 Å². The van der Waals surface area contributed by atoms with Gasteiger partial charge in [0, 0.05) is 31.2 Å². The van der Waals surface area contributed by atoms with Crippen LogP contribution in [-0.4, -0.2) is 63.3 Å². The Morgan fingerprint density at radius 2 is 2.08 bits per heavy atom. The van der Waals surface area contributed by atoms with E-state index in [1.165, 1.54) is 12.1 Å². The minimum atomic E-state index is -3.80. The Labute approximate surface area is 159 Å². The van der Waals surface area contributed by atoms with E-state index in [2.05, 4.69) is 16.0 Å². The van der Waals surface area contributed by atoms with E-state index in [1.54, 1.807) is 12.1 Å². The highest BCUT2D eigenvalue weighted by atomic mass is 35.5. The van der Waals surface area contributed by atoms with Crippen molar-refractivity contribution in [2.75, 3.05) is 32.7 Å². The molecule has 0 aliphatic carbocycles. The minimum absolute atomic E-state index is 0. The summed E-state index contributed by atoms with van der Waals surface area (Å²) in [6.45, 7) is 1.97. The quantitative estimate of drug-likeness (QED) is 0.641. The van der Waals surface area contributed by atoms with Gasteiger partial charge >= 0.3 is 0 Å². The van der Waals surface area contributed by atoms with Crippen molar-refractivity contribution in [2.24, 2.45) is 0 Å². The Bertz CT molecular complexity index is 765. The molecule has 1 unspecified atom stereocenters. The van der Waals surface area contributed by atoms with Crippen molar-refractivity contribution in [2.45, 2.75) is 23.8 Å². The van der Waals surface area contributed by atoms with E-state index < -0.39 is 10.0 Å². The van der Waals surface area contributed by atoms with Crippen molar-refractivity contribution < 1.29 is 18.0 Å². The van der Waals surface area contributed by atoms with E-state index >= 15 is 0 Å². The smallest absolute Gasteiger partial charge is 0.251 e. The molecule has 2 aliphatic heterocycles. The molecule has 0 saturated carbocycles. The second-order valence-electron chi connectivity index (χ2n) is 6.23. The SMILES string of the molecule is Cl.O=C1CN(S(=O)(=O)c2cccc(C(=O)NC3CCCNC3)c2)CCN1. The molecule has 2 heterocycles. The first-order valence-electron chi connectivity index (χ1n) is 8.35. The van der Waals surface area contributed by atoms with Crippen molar-refractivity contribution in [1.29, 1.82) is 0 Å². The minimum Gasteiger partial charge on any atom is -0.354 e. The summed E-state index contributed by atoms with van der Waals surface area (Å²) < 4.78 is 26.5. The van der Waals surface area contributed by atoms with Gasteiger partial charge in [-0.05, 0) is 37.6 Å². The molecule has 2 saturated heterocycles. The number of sulfonamides is 1. The number of carbonyl (C=O) groups is 2. The first-order chi connectivity index (χ1) is 12.0. The Morgan fingerprint density at radius 3 is 2.77 bits per heavy atom. The summed E-state index contributed by atoms with van der Waals surface area (Å²) in [5.41, 5.74) is 0.299. The highest BCUT2D eigenvalue weighted by Crippen LogP contribution is 2.18. The second-order valence-corrected chi connectivity index (χ2v) is 8.17. The number of halogens is 1. The van der Waals surface area contributed by atoms with Gasteiger partial charge in [-0.1, -0.05) is 6.07 Å². The maximum Gasteiger partial charge on any atom is 0.251 e. The number of amides is 2. The van der Waals surface area contributed by atoms with Crippen LogP contribution in [0.5, 0.6) is 0 Å². The molecule has 3 rings (SSSR count). The fourth-order valence-electron chi connectivity index (χ4n) is 3.01. The van der Waals surface area contributed by atoms with Gasteiger partial charge in [-0.25, -0.2) is 8.42 Å². The van der Waals surface area contributed by atoms with Crippen LogP contribution >= 0.6 is 12.4 Å². The highest BCUT2D eigenvalue weighted by Gasteiger charge is 2.29. The van der Waals surface area contributed by atoms with Crippen LogP contribution in [0.3, 0.4) is 0 Å². The van der Waals surface area contributed by atoms with Gasteiger partial charge in [-0.2, -0.15) is 4.31 Å². The molecule has 26 heavy (non-hydrogen) atoms. The number of benzene rings is 1. The van der Waals surface area contributed by atoms with Gasteiger partial charge in [0.15, 0.2) is 0 Å². The zero-order valence-corrected chi connectivity index (χ0v) is 15.9. The topological polar surface area (TPSA) is 108 Å². The lowest BCUT2D eigenvalue weighted by atomic mass is 10.1. The highest BCUT2D eigenvalue weighted by molar-refractivity contribution is 7.89. The molecule has 2 amide bonds. The number of piperazine rings is 1. The Balaban J connectivity index is 0.00000243. The summed E-state index contributed by atoms with van der Waals surface area (Å²) >= 11 is 0. The first-order valence-corrected chi connectivity index (χ1v) is 9.79. The number of nitrogens with one attached hydrogen (secondary N) is 3. The number of carbonyl (C=O) groups excluding carboxylic acids is 2. The molecule has 3 N–H and O–H groups in total. The molecule has 0 bridgehead atoms. The summed E-state index contributed by atoms with van der Waals surface area (Å²) in [4.78, 5) is 23.9. The van der Waals surface area contributed by atoms with Crippen molar-refractivity contribution >= 4 is 34.2 Å². The van der Waals surface area contributed by atoms with Crippen LogP contribution in [0.25, 0.3) is 0 Å². The number of nitrogens with zero attached hydrogens (tertiary/aromatic N) is 1. The molecule has 1 aromatic carbocycles. The molecule has 1 aromatic rings.